The summed E-state index contributed by atoms with van der Waals surface area (Å²) in [5.74, 6) is -1.05. The van der Waals surface area contributed by atoms with E-state index in [4.69, 9.17) is 0 Å². The van der Waals surface area contributed by atoms with Crippen LogP contribution >= 0.6 is 10.8 Å². The number of hydrogen-bond donors (Lipinski definition) is 6. The minimum atomic E-state index is -4.66. The summed E-state index contributed by atoms with van der Waals surface area (Å²) < 4.78 is 55.2. The summed E-state index contributed by atoms with van der Waals surface area (Å²) in [6, 6.07) is 28.8. The molecule has 1 heterocycles. The molecule has 0 aromatic heterocycles. The van der Waals surface area contributed by atoms with Gasteiger partial charge in [0.25, 0.3) is 0 Å². The number of anilines is 2. The minimum Gasteiger partial charge on any atom is -0.506 e. The molecule has 4 aromatic carbocycles. The Labute approximate surface area is 285 Å². The van der Waals surface area contributed by atoms with Crippen LogP contribution in [0, 0.1) is 0 Å². The van der Waals surface area contributed by atoms with Crippen LogP contribution in [0.4, 0.5) is 16.2 Å². The maximum atomic E-state index is 14.3. The standard InChI is InChI=1S/C35H34N4O8S2/c1-35(20-10-15-23-11-4-2-5-12-23)27-17-9-8-16-26(27)31(40)30(32(35)41)33-36-28-19-18-25(21-29(28)48(44,45)38-33)37-49(46,47)39(34(42)43)22-24-13-6-3-7-14-24/h2-9,11-14,16-19,21,37,40,44-45H,10,15,20,22H2,1H3,(H,36,38)(H,42,43). The first-order valence-electron chi connectivity index (χ1n) is 15.3. The zero-order valence-corrected chi connectivity index (χ0v) is 27.9. The molecule has 1 aliphatic heterocycles. The second kappa shape index (κ2) is 13.0. The number of nitrogens with zero attached hydrogens (tertiary/aromatic N) is 2. The molecular weight excluding hydrogens is 669 g/mol. The molecule has 1 amide bonds. The monoisotopic (exact) mass is 702 g/mol. The summed E-state index contributed by atoms with van der Waals surface area (Å²) in [4.78, 5) is 26.0. The van der Waals surface area contributed by atoms with Crippen molar-refractivity contribution in [2.45, 2.75) is 43.0 Å². The summed E-state index contributed by atoms with van der Waals surface area (Å²) in [6.45, 7) is 1.35. The Hall–Kier alpha value is -5.15. The lowest BCUT2D eigenvalue weighted by Gasteiger charge is -2.39. The fourth-order valence-electron chi connectivity index (χ4n) is 6.13. The Morgan fingerprint density at radius 3 is 2.24 bits per heavy atom. The maximum absolute atomic E-state index is 14.3. The third-order valence-electron chi connectivity index (χ3n) is 8.63. The zero-order valence-electron chi connectivity index (χ0n) is 26.3. The molecule has 0 bridgehead atoms. The van der Waals surface area contributed by atoms with Crippen molar-refractivity contribution in [2.75, 3.05) is 10.0 Å². The van der Waals surface area contributed by atoms with Crippen molar-refractivity contribution in [1.82, 2.24) is 4.31 Å². The van der Waals surface area contributed by atoms with Gasteiger partial charge in [-0.3, -0.25) is 18.6 Å². The Morgan fingerprint density at radius 2 is 1.57 bits per heavy atom. The van der Waals surface area contributed by atoms with Gasteiger partial charge < -0.3 is 15.5 Å². The number of carboxylic acid groups (broad SMARTS) is 1. The van der Waals surface area contributed by atoms with Gasteiger partial charge in [0.15, 0.2) is 11.6 Å². The van der Waals surface area contributed by atoms with Crippen molar-refractivity contribution in [3.63, 3.8) is 0 Å². The number of aliphatic hydroxyl groups is 1. The van der Waals surface area contributed by atoms with Gasteiger partial charge in [-0.15, -0.1) is 4.40 Å². The van der Waals surface area contributed by atoms with E-state index >= 15 is 0 Å². The largest absolute Gasteiger partial charge is 0.506 e. The molecule has 6 rings (SSSR count). The first-order valence-corrected chi connectivity index (χ1v) is 18.2. The predicted octanol–water partition coefficient (Wildman–Crippen LogP) is 7.20. The normalized spacial score (nSPS) is 18.8. The van der Waals surface area contributed by atoms with Crippen molar-refractivity contribution in [2.24, 2.45) is 4.40 Å². The quantitative estimate of drug-likeness (QED) is 0.0992. The molecule has 0 saturated heterocycles. The smallest absolute Gasteiger partial charge is 0.422 e. The number of hydrogen-bond acceptors (Lipinski definition) is 9. The van der Waals surface area contributed by atoms with Gasteiger partial charge in [-0.2, -0.15) is 12.7 Å². The summed E-state index contributed by atoms with van der Waals surface area (Å²) in [6.07, 6.45) is 0.117. The molecule has 0 fully saturated rings. The molecule has 1 aliphatic carbocycles. The number of amides is 1. The maximum Gasteiger partial charge on any atom is 0.422 e. The third-order valence-corrected chi connectivity index (χ3v) is 11.4. The summed E-state index contributed by atoms with van der Waals surface area (Å²) >= 11 is 0. The molecule has 1 atom stereocenters. The van der Waals surface area contributed by atoms with Gasteiger partial charge in [0, 0.05) is 5.56 Å². The van der Waals surface area contributed by atoms with Crippen LogP contribution in [0.2, 0.25) is 0 Å². The number of aliphatic hydroxyl groups excluding tert-OH is 1. The van der Waals surface area contributed by atoms with Crippen LogP contribution < -0.4 is 10.0 Å². The zero-order chi connectivity index (χ0) is 35.0. The summed E-state index contributed by atoms with van der Waals surface area (Å²) in [5.41, 5.74) is 1.31. The molecule has 6 N–H and O–H groups in total. The molecule has 49 heavy (non-hydrogen) atoms. The lowest BCUT2D eigenvalue weighted by atomic mass is 9.67. The van der Waals surface area contributed by atoms with Gasteiger partial charge >= 0.3 is 16.3 Å². The van der Waals surface area contributed by atoms with E-state index in [0.29, 0.717) is 29.5 Å². The van der Waals surface area contributed by atoms with E-state index in [1.54, 1.807) is 61.5 Å². The van der Waals surface area contributed by atoms with Crippen molar-refractivity contribution in [3.05, 3.63) is 131 Å². The average Bonchev–Trinajstić information content (AvgIpc) is 3.07. The van der Waals surface area contributed by atoms with Gasteiger partial charge in [0.05, 0.1) is 23.3 Å². The van der Waals surface area contributed by atoms with Crippen LogP contribution in [0.25, 0.3) is 5.76 Å². The SMILES string of the molecule is CC1(CCCc2ccccc2)C(=O)C(C2=NS(O)(O)c3cc(NS(=O)(=O)N(Cc4ccccc4)C(=O)O)ccc3N2)=C(O)c2ccccc21. The molecule has 14 heteroatoms. The molecule has 0 radical (unpaired) electrons. The molecule has 4 aromatic rings. The lowest BCUT2D eigenvalue weighted by molar-refractivity contribution is -0.120. The van der Waals surface area contributed by atoms with Crippen LogP contribution in [0.3, 0.4) is 0 Å². The van der Waals surface area contributed by atoms with E-state index in [2.05, 4.69) is 14.4 Å². The number of Topliss-reactive ketones (excluding diaryl/α,β-unsaturated/α-hetero) is 1. The number of benzene rings is 4. The fourth-order valence-corrected chi connectivity index (χ4v) is 8.38. The number of amidine groups is 1. The number of fused-ring (bicyclic) bond motifs is 2. The Balaban J connectivity index is 1.29. The average molecular weight is 703 g/mol. The highest BCUT2D eigenvalue weighted by molar-refractivity contribution is 8.23. The van der Waals surface area contributed by atoms with Crippen LogP contribution in [0.5, 0.6) is 0 Å². The second-order valence-corrected chi connectivity index (χ2v) is 15.2. The van der Waals surface area contributed by atoms with Crippen LogP contribution in [0.15, 0.2) is 118 Å². The molecule has 0 spiro atoms. The van der Waals surface area contributed by atoms with Gasteiger partial charge in [-0.05, 0) is 61.1 Å². The fraction of sp³-hybridized carbons (Fsp3) is 0.171. The highest BCUT2D eigenvalue weighted by Crippen LogP contribution is 2.57. The Bertz CT molecular complexity index is 2100. The number of carbonyl (C=O) groups is 2. The van der Waals surface area contributed by atoms with Crippen molar-refractivity contribution >= 4 is 55.8 Å². The Kier molecular flexibility index (Phi) is 8.98. The van der Waals surface area contributed by atoms with Crippen LogP contribution in [-0.2, 0) is 33.4 Å². The van der Waals surface area contributed by atoms with Crippen LogP contribution in [-0.4, -0.2) is 49.8 Å². The minimum absolute atomic E-state index is 0.102. The molecule has 254 valence electrons. The summed E-state index contributed by atoms with van der Waals surface area (Å²) in [7, 11) is -8.71. The van der Waals surface area contributed by atoms with Crippen molar-refractivity contribution in [1.29, 1.82) is 0 Å². The molecule has 0 saturated carbocycles. The first-order chi connectivity index (χ1) is 23.3. The van der Waals surface area contributed by atoms with Crippen LogP contribution in [0.1, 0.15) is 42.0 Å². The molecule has 1 unspecified atom stereocenters. The van der Waals surface area contributed by atoms with E-state index in [9.17, 15) is 37.3 Å². The molecular formula is C35H34N4O8S2. The number of nitrogens with one attached hydrogen (secondary N) is 2. The number of aryl methyl sites for hydroxylation is 1. The Morgan fingerprint density at radius 1 is 0.939 bits per heavy atom. The topological polar surface area (TPSA) is 189 Å². The van der Waals surface area contributed by atoms with Gasteiger partial charge in [-0.25, -0.2) is 4.79 Å². The lowest BCUT2D eigenvalue weighted by Crippen LogP contribution is -2.42. The van der Waals surface area contributed by atoms with E-state index in [1.807, 2.05) is 30.3 Å². The highest BCUT2D eigenvalue weighted by Gasteiger charge is 2.46. The van der Waals surface area contributed by atoms with E-state index in [1.165, 1.54) is 12.1 Å². The number of ketones is 1. The molecule has 12 nitrogen and oxygen atoms in total. The van der Waals surface area contributed by atoms with Gasteiger partial charge in [-0.1, -0.05) is 95.7 Å². The summed E-state index contributed by atoms with van der Waals surface area (Å²) in [5, 5.41) is 24.0. The highest BCUT2D eigenvalue weighted by atomic mass is 32.3. The van der Waals surface area contributed by atoms with E-state index in [0.717, 1.165) is 18.1 Å². The second-order valence-electron chi connectivity index (χ2n) is 11.9. The van der Waals surface area contributed by atoms with Gasteiger partial charge in [0.2, 0.25) is 0 Å². The van der Waals surface area contributed by atoms with Crippen molar-refractivity contribution in [3.8, 4) is 0 Å². The van der Waals surface area contributed by atoms with Crippen molar-refractivity contribution < 1.29 is 37.3 Å². The van der Waals surface area contributed by atoms with E-state index in [-0.39, 0.29) is 37.7 Å². The predicted molar refractivity (Wildman–Crippen MR) is 189 cm³/mol. The van der Waals surface area contributed by atoms with Gasteiger partial charge in [0.1, 0.15) is 16.2 Å². The first kappa shape index (κ1) is 33.7. The number of rotatable bonds is 10. The molecule has 2 aliphatic rings. The number of carbonyl (C=O) groups excluding carboxylic acids is 1. The van der Waals surface area contributed by atoms with E-state index < -0.39 is 44.8 Å². The third kappa shape index (κ3) is 6.63.